The van der Waals surface area contributed by atoms with Crippen molar-refractivity contribution in [3.8, 4) is 17.5 Å². The van der Waals surface area contributed by atoms with Crippen LogP contribution in [0.5, 0.6) is 0 Å². The predicted octanol–water partition coefficient (Wildman–Crippen LogP) is 4.36. The van der Waals surface area contributed by atoms with Gasteiger partial charge >= 0.3 is 0 Å². The number of hydrogen-bond acceptors (Lipinski definition) is 5. The monoisotopic (exact) mass is 380 g/mol. The van der Waals surface area contributed by atoms with Crippen LogP contribution in [0, 0.1) is 18.3 Å². The number of nitriles is 1. The van der Waals surface area contributed by atoms with Gasteiger partial charge in [-0.05, 0) is 59.9 Å². The Hall–Kier alpha value is -3.85. The number of benzene rings is 1. The molecule has 29 heavy (non-hydrogen) atoms. The van der Waals surface area contributed by atoms with E-state index >= 15 is 0 Å². The number of aryl methyl sites for hydroxylation is 3. The van der Waals surface area contributed by atoms with E-state index in [0.717, 1.165) is 45.4 Å². The highest BCUT2D eigenvalue weighted by molar-refractivity contribution is 5.93. The normalized spacial score (nSPS) is 11.2. The van der Waals surface area contributed by atoms with Gasteiger partial charge in [0, 0.05) is 18.9 Å². The topological polar surface area (TPSA) is 80.3 Å². The van der Waals surface area contributed by atoms with Gasteiger partial charge in [-0.25, -0.2) is 9.97 Å². The maximum Gasteiger partial charge on any atom is 0.0948 e. The van der Waals surface area contributed by atoms with Crippen molar-refractivity contribution >= 4 is 23.1 Å². The molecule has 6 heteroatoms. The van der Waals surface area contributed by atoms with E-state index in [1.807, 2.05) is 30.0 Å². The van der Waals surface area contributed by atoms with Crippen molar-refractivity contribution in [2.45, 2.75) is 19.8 Å². The minimum Gasteiger partial charge on any atom is -0.332 e. The third kappa shape index (κ3) is 3.90. The van der Waals surface area contributed by atoms with E-state index in [4.69, 9.17) is 10.2 Å². The second-order valence-electron chi connectivity index (χ2n) is 6.95. The number of fused-ring (bicyclic) bond motifs is 1. The highest BCUT2D eigenvalue weighted by Gasteiger charge is 2.11. The molecular formula is C23H20N6. The SMILES string of the molecule is Cc1cc2nc(-c3cncn3C)cc(/C=C/c3ccnnc3)c2cc1CCC#N. The van der Waals surface area contributed by atoms with E-state index in [-0.39, 0.29) is 0 Å². The van der Waals surface area contributed by atoms with Gasteiger partial charge in [0.15, 0.2) is 0 Å². The van der Waals surface area contributed by atoms with E-state index < -0.39 is 0 Å². The highest BCUT2D eigenvalue weighted by Crippen LogP contribution is 2.28. The van der Waals surface area contributed by atoms with Crippen LogP contribution in [0.4, 0.5) is 0 Å². The summed E-state index contributed by atoms with van der Waals surface area (Å²) in [5, 5.41) is 17.8. The molecule has 0 aliphatic heterocycles. The zero-order chi connectivity index (χ0) is 20.2. The molecule has 0 saturated heterocycles. The second kappa shape index (κ2) is 8.03. The summed E-state index contributed by atoms with van der Waals surface area (Å²) in [6.07, 6.45) is 12.3. The number of hydrogen-bond donors (Lipinski definition) is 0. The third-order valence-electron chi connectivity index (χ3n) is 4.95. The van der Waals surface area contributed by atoms with Crippen LogP contribution in [0.3, 0.4) is 0 Å². The van der Waals surface area contributed by atoms with E-state index in [1.165, 1.54) is 5.56 Å². The van der Waals surface area contributed by atoms with Gasteiger partial charge in [0.05, 0.1) is 47.9 Å². The molecule has 0 spiro atoms. The molecule has 3 heterocycles. The third-order valence-corrected chi connectivity index (χ3v) is 4.95. The molecule has 0 unspecified atom stereocenters. The first-order chi connectivity index (χ1) is 14.2. The van der Waals surface area contributed by atoms with Crippen molar-refractivity contribution in [3.63, 3.8) is 0 Å². The van der Waals surface area contributed by atoms with Crippen molar-refractivity contribution in [1.82, 2.24) is 24.7 Å². The van der Waals surface area contributed by atoms with E-state index in [9.17, 15) is 0 Å². The zero-order valence-electron chi connectivity index (χ0n) is 16.4. The number of pyridine rings is 1. The number of aromatic nitrogens is 5. The van der Waals surface area contributed by atoms with Crippen molar-refractivity contribution in [2.24, 2.45) is 7.05 Å². The number of rotatable bonds is 5. The van der Waals surface area contributed by atoms with Crippen molar-refractivity contribution in [1.29, 1.82) is 5.26 Å². The van der Waals surface area contributed by atoms with Crippen LogP contribution in [0.2, 0.25) is 0 Å². The molecule has 1 aromatic carbocycles. The molecule has 0 N–H and O–H groups in total. The van der Waals surface area contributed by atoms with Crippen LogP contribution in [0.25, 0.3) is 34.4 Å². The molecule has 0 fully saturated rings. The van der Waals surface area contributed by atoms with Gasteiger partial charge in [-0.3, -0.25) is 0 Å². The van der Waals surface area contributed by atoms with Gasteiger partial charge in [0.25, 0.3) is 0 Å². The summed E-state index contributed by atoms with van der Waals surface area (Å²) in [7, 11) is 1.96. The molecule has 0 aliphatic carbocycles. The predicted molar refractivity (Wildman–Crippen MR) is 114 cm³/mol. The average Bonchev–Trinajstić information content (AvgIpc) is 3.17. The van der Waals surface area contributed by atoms with Crippen LogP contribution >= 0.6 is 0 Å². The van der Waals surface area contributed by atoms with Gasteiger partial charge in [-0.2, -0.15) is 15.5 Å². The highest BCUT2D eigenvalue weighted by atomic mass is 15.1. The summed E-state index contributed by atoms with van der Waals surface area (Å²) in [4.78, 5) is 9.12. The lowest BCUT2D eigenvalue weighted by Crippen LogP contribution is -1.97. The summed E-state index contributed by atoms with van der Waals surface area (Å²) < 4.78 is 1.96. The van der Waals surface area contributed by atoms with Crippen LogP contribution < -0.4 is 0 Å². The number of nitrogens with zero attached hydrogens (tertiary/aromatic N) is 6. The first-order valence-corrected chi connectivity index (χ1v) is 9.38. The molecule has 0 saturated carbocycles. The summed E-state index contributed by atoms with van der Waals surface area (Å²) in [5.74, 6) is 0. The Kier molecular flexibility index (Phi) is 5.12. The molecule has 4 rings (SSSR count). The average molecular weight is 380 g/mol. The van der Waals surface area contributed by atoms with Gasteiger partial charge < -0.3 is 4.57 Å². The summed E-state index contributed by atoms with van der Waals surface area (Å²) in [5.41, 5.74) is 7.11. The largest absolute Gasteiger partial charge is 0.332 e. The molecule has 3 aromatic heterocycles. The summed E-state index contributed by atoms with van der Waals surface area (Å²) in [6.45, 7) is 2.07. The Balaban J connectivity index is 1.89. The first-order valence-electron chi connectivity index (χ1n) is 9.38. The fourth-order valence-corrected chi connectivity index (χ4v) is 3.37. The van der Waals surface area contributed by atoms with E-state index in [2.05, 4.69) is 52.4 Å². The molecule has 0 amide bonds. The minimum atomic E-state index is 0.501. The van der Waals surface area contributed by atoms with Crippen LogP contribution in [0.1, 0.15) is 28.7 Å². The Morgan fingerprint density at radius 2 is 2.03 bits per heavy atom. The summed E-state index contributed by atoms with van der Waals surface area (Å²) >= 11 is 0. The Bertz CT molecular complexity index is 1230. The van der Waals surface area contributed by atoms with Crippen molar-refractivity contribution in [3.05, 3.63) is 71.4 Å². The zero-order valence-corrected chi connectivity index (χ0v) is 16.4. The molecule has 4 aromatic rings. The van der Waals surface area contributed by atoms with E-state index in [0.29, 0.717) is 6.42 Å². The number of imidazole rings is 1. The maximum absolute atomic E-state index is 8.97. The van der Waals surface area contributed by atoms with Gasteiger partial charge in [-0.1, -0.05) is 12.2 Å². The Morgan fingerprint density at radius 1 is 1.14 bits per heavy atom. The molecule has 0 aliphatic rings. The smallest absolute Gasteiger partial charge is 0.0948 e. The van der Waals surface area contributed by atoms with Crippen LogP contribution in [-0.2, 0) is 13.5 Å². The van der Waals surface area contributed by atoms with Crippen LogP contribution in [0.15, 0.2) is 49.2 Å². The summed E-state index contributed by atoms with van der Waals surface area (Å²) in [6, 6.07) is 10.5. The molecule has 0 bridgehead atoms. The second-order valence-corrected chi connectivity index (χ2v) is 6.95. The lowest BCUT2D eigenvalue weighted by atomic mass is 9.97. The lowest BCUT2D eigenvalue weighted by molar-refractivity contribution is 0.917. The fourth-order valence-electron chi connectivity index (χ4n) is 3.37. The van der Waals surface area contributed by atoms with Gasteiger partial charge in [0.1, 0.15) is 0 Å². The first kappa shape index (κ1) is 18.5. The van der Waals surface area contributed by atoms with E-state index in [1.54, 1.807) is 18.7 Å². The van der Waals surface area contributed by atoms with Gasteiger partial charge in [-0.15, -0.1) is 0 Å². The fraction of sp³-hybridized carbons (Fsp3) is 0.174. The minimum absolute atomic E-state index is 0.501. The quantitative estimate of drug-likeness (QED) is 0.514. The molecule has 0 atom stereocenters. The van der Waals surface area contributed by atoms with Crippen LogP contribution in [-0.4, -0.2) is 24.7 Å². The maximum atomic E-state index is 8.97. The lowest BCUT2D eigenvalue weighted by Gasteiger charge is -2.11. The van der Waals surface area contributed by atoms with Crippen molar-refractivity contribution < 1.29 is 0 Å². The van der Waals surface area contributed by atoms with Gasteiger partial charge in [0.2, 0.25) is 0 Å². The Morgan fingerprint density at radius 3 is 2.76 bits per heavy atom. The van der Waals surface area contributed by atoms with Crippen molar-refractivity contribution in [2.75, 3.05) is 0 Å². The molecular weight excluding hydrogens is 360 g/mol. The standard InChI is InChI=1S/C23H20N6/c1-16-10-21-20(11-18(16)4-3-8-24)19(6-5-17-7-9-26-27-13-17)12-22(28-21)23-14-25-15-29(23)2/h5-7,9-15H,3-4H2,1-2H3/b6-5+. The molecule has 142 valence electrons. The molecule has 6 nitrogen and oxygen atoms in total. The Labute approximate surface area is 169 Å². The molecule has 0 radical (unpaired) electrons.